The molecule has 154 valence electrons. The van der Waals surface area contributed by atoms with Crippen LogP contribution in [-0.2, 0) is 30.3 Å². The maximum absolute atomic E-state index is 12.1. The number of methoxy groups -OCH3 is 1. The number of carbonyl (C=O) groups excluding carboxylic acids is 3. The second-order valence-corrected chi connectivity index (χ2v) is 7.57. The molecule has 0 spiro atoms. The molecule has 1 atom stereocenters. The lowest BCUT2D eigenvalue weighted by Gasteiger charge is -2.16. The summed E-state index contributed by atoms with van der Waals surface area (Å²) in [5, 5.41) is 2.56. The summed E-state index contributed by atoms with van der Waals surface area (Å²) in [5.41, 5.74) is 3.12. The molecule has 0 heterocycles. The Morgan fingerprint density at radius 3 is 2.45 bits per heavy atom. The Balaban J connectivity index is 1.81. The number of hydrogen-bond donors (Lipinski definition) is 1. The highest BCUT2D eigenvalue weighted by Crippen LogP contribution is 2.23. The number of amides is 1. The van der Waals surface area contributed by atoms with Crippen LogP contribution < -0.4 is 5.32 Å². The number of benzene rings is 2. The molecule has 0 saturated heterocycles. The maximum atomic E-state index is 12.1. The molecule has 1 amide bonds. The number of ether oxygens (including phenoxy) is 2. The first-order valence-corrected chi connectivity index (χ1v) is 10.1. The Morgan fingerprint density at radius 1 is 1.07 bits per heavy atom. The standard InChI is InChI=1S/C22H25NO5S/c1-15-9-10-19(16(2)11-15)29-14-21(25)28-13-20(24)23-18(22(26)27-3)12-17-7-5-4-6-8-17/h4-11,18H,12-14H2,1-3H3,(H,23,24)/t18-/m1/s1. The molecule has 2 rings (SSSR count). The second-order valence-electron chi connectivity index (χ2n) is 6.55. The molecule has 7 heteroatoms. The number of nitrogens with one attached hydrogen (secondary N) is 1. The summed E-state index contributed by atoms with van der Waals surface area (Å²) in [7, 11) is 1.26. The SMILES string of the molecule is COC(=O)[C@@H](Cc1ccccc1)NC(=O)COC(=O)CSc1ccc(C)cc1C. The number of thioether (sulfide) groups is 1. The minimum absolute atomic E-state index is 0.0988. The number of rotatable bonds is 9. The Hall–Kier alpha value is -2.80. The minimum Gasteiger partial charge on any atom is -0.467 e. The van der Waals surface area contributed by atoms with Crippen LogP contribution in [0.5, 0.6) is 0 Å². The summed E-state index contributed by atoms with van der Waals surface area (Å²) in [6.45, 7) is 3.54. The van der Waals surface area contributed by atoms with Gasteiger partial charge < -0.3 is 14.8 Å². The Labute approximate surface area is 175 Å². The molecule has 0 aromatic heterocycles. The van der Waals surface area contributed by atoms with Crippen LogP contribution in [0, 0.1) is 13.8 Å². The fourth-order valence-corrected chi connectivity index (χ4v) is 3.51. The molecule has 0 saturated carbocycles. The van der Waals surface area contributed by atoms with Crippen molar-refractivity contribution in [2.24, 2.45) is 0 Å². The predicted octanol–water partition coefficient (Wildman–Crippen LogP) is 2.84. The van der Waals surface area contributed by atoms with Gasteiger partial charge in [-0.1, -0.05) is 48.0 Å². The van der Waals surface area contributed by atoms with Crippen molar-refractivity contribution in [3.05, 3.63) is 65.2 Å². The lowest BCUT2D eigenvalue weighted by atomic mass is 10.1. The summed E-state index contributed by atoms with van der Waals surface area (Å²) in [5.74, 6) is -1.51. The first-order chi connectivity index (χ1) is 13.9. The summed E-state index contributed by atoms with van der Waals surface area (Å²) < 4.78 is 9.78. The van der Waals surface area contributed by atoms with Crippen molar-refractivity contribution in [1.29, 1.82) is 0 Å². The molecule has 2 aromatic carbocycles. The molecule has 0 aliphatic carbocycles. The van der Waals surface area contributed by atoms with Crippen LogP contribution in [-0.4, -0.2) is 43.4 Å². The molecule has 0 bridgehead atoms. The highest BCUT2D eigenvalue weighted by atomic mass is 32.2. The van der Waals surface area contributed by atoms with Crippen molar-refractivity contribution in [2.75, 3.05) is 19.5 Å². The lowest BCUT2D eigenvalue weighted by Crippen LogP contribution is -2.44. The van der Waals surface area contributed by atoms with Gasteiger partial charge in [-0.2, -0.15) is 0 Å². The highest BCUT2D eigenvalue weighted by molar-refractivity contribution is 8.00. The maximum Gasteiger partial charge on any atom is 0.328 e. The number of esters is 2. The van der Waals surface area contributed by atoms with Crippen LogP contribution in [0.1, 0.15) is 16.7 Å². The van der Waals surface area contributed by atoms with Crippen molar-refractivity contribution in [3.63, 3.8) is 0 Å². The molecule has 0 radical (unpaired) electrons. The zero-order valence-corrected chi connectivity index (χ0v) is 17.6. The van der Waals surface area contributed by atoms with E-state index in [2.05, 4.69) is 5.32 Å². The number of carbonyl (C=O) groups is 3. The van der Waals surface area contributed by atoms with Gasteiger partial charge >= 0.3 is 11.9 Å². The van der Waals surface area contributed by atoms with Crippen molar-refractivity contribution >= 4 is 29.6 Å². The number of hydrogen-bond acceptors (Lipinski definition) is 6. The van der Waals surface area contributed by atoms with Crippen molar-refractivity contribution in [2.45, 2.75) is 31.2 Å². The molecule has 1 N–H and O–H groups in total. The van der Waals surface area contributed by atoms with E-state index in [4.69, 9.17) is 9.47 Å². The Bertz CT molecular complexity index is 854. The molecular formula is C22H25NO5S. The van der Waals surface area contributed by atoms with Crippen LogP contribution in [0.3, 0.4) is 0 Å². The third kappa shape index (κ3) is 7.62. The fourth-order valence-electron chi connectivity index (χ4n) is 2.71. The average molecular weight is 416 g/mol. The highest BCUT2D eigenvalue weighted by Gasteiger charge is 2.22. The van der Waals surface area contributed by atoms with Crippen LogP contribution in [0.25, 0.3) is 0 Å². The number of aryl methyl sites for hydroxylation is 2. The summed E-state index contributed by atoms with van der Waals surface area (Å²) in [4.78, 5) is 37.0. The molecule has 0 unspecified atom stereocenters. The topological polar surface area (TPSA) is 81.7 Å². The van der Waals surface area contributed by atoms with E-state index in [1.807, 2.05) is 62.4 Å². The van der Waals surface area contributed by atoms with E-state index in [-0.39, 0.29) is 12.2 Å². The smallest absolute Gasteiger partial charge is 0.328 e. The van der Waals surface area contributed by atoms with Crippen molar-refractivity contribution in [3.8, 4) is 0 Å². The van der Waals surface area contributed by atoms with Crippen LogP contribution >= 0.6 is 11.8 Å². The summed E-state index contributed by atoms with van der Waals surface area (Å²) >= 11 is 1.36. The second kappa shape index (κ2) is 11.3. The Kier molecular flexibility index (Phi) is 8.73. The van der Waals surface area contributed by atoms with Gasteiger partial charge in [-0.15, -0.1) is 11.8 Å². The van der Waals surface area contributed by atoms with E-state index in [9.17, 15) is 14.4 Å². The van der Waals surface area contributed by atoms with Gasteiger partial charge in [-0.05, 0) is 31.0 Å². The minimum atomic E-state index is -0.849. The molecule has 0 fully saturated rings. The van der Waals surface area contributed by atoms with Crippen LogP contribution in [0.2, 0.25) is 0 Å². The van der Waals surface area contributed by atoms with Crippen molar-refractivity contribution in [1.82, 2.24) is 5.32 Å². The monoisotopic (exact) mass is 415 g/mol. The molecule has 0 aliphatic heterocycles. The lowest BCUT2D eigenvalue weighted by molar-refractivity contribution is -0.148. The molecule has 6 nitrogen and oxygen atoms in total. The molecular weight excluding hydrogens is 390 g/mol. The third-order valence-corrected chi connectivity index (χ3v) is 5.29. The van der Waals surface area contributed by atoms with E-state index in [0.717, 1.165) is 21.6 Å². The quantitative estimate of drug-likeness (QED) is 0.501. The zero-order chi connectivity index (χ0) is 21.2. The fraction of sp³-hybridized carbons (Fsp3) is 0.318. The Morgan fingerprint density at radius 2 is 1.79 bits per heavy atom. The normalized spacial score (nSPS) is 11.4. The first-order valence-electron chi connectivity index (χ1n) is 9.16. The summed E-state index contributed by atoms with van der Waals surface area (Å²) in [6.07, 6.45) is 0.287. The van der Waals surface area contributed by atoms with Crippen molar-refractivity contribution < 1.29 is 23.9 Å². The van der Waals surface area contributed by atoms with Gasteiger partial charge in [0.2, 0.25) is 0 Å². The van der Waals surface area contributed by atoms with Gasteiger partial charge in [-0.25, -0.2) is 4.79 Å². The van der Waals surface area contributed by atoms with Gasteiger partial charge in [-0.3, -0.25) is 9.59 Å². The van der Waals surface area contributed by atoms with E-state index >= 15 is 0 Å². The largest absolute Gasteiger partial charge is 0.467 e. The first kappa shape index (κ1) is 22.5. The summed E-state index contributed by atoms with van der Waals surface area (Å²) in [6, 6.07) is 14.4. The van der Waals surface area contributed by atoms with E-state index in [0.29, 0.717) is 0 Å². The predicted molar refractivity (Wildman–Crippen MR) is 112 cm³/mol. The van der Waals surface area contributed by atoms with Gasteiger partial charge in [0.1, 0.15) is 6.04 Å². The van der Waals surface area contributed by atoms with Gasteiger partial charge in [0, 0.05) is 11.3 Å². The molecule has 0 aliphatic rings. The molecule has 2 aromatic rings. The van der Waals surface area contributed by atoms with Gasteiger partial charge in [0.25, 0.3) is 5.91 Å². The van der Waals surface area contributed by atoms with Gasteiger partial charge in [0.15, 0.2) is 6.61 Å². The van der Waals surface area contributed by atoms with E-state index in [1.54, 1.807) is 0 Å². The van der Waals surface area contributed by atoms with E-state index < -0.39 is 30.5 Å². The van der Waals surface area contributed by atoms with E-state index in [1.165, 1.54) is 18.9 Å². The van der Waals surface area contributed by atoms with Crippen LogP contribution in [0.4, 0.5) is 0 Å². The molecule has 29 heavy (non-hydrogen) atoms. The third-order valence-electron chi connectivity index (χ3n) is 4.14. The average Bonchev–Trinajstić information content (AvgIpc) is 2.71. The van der Waals surface area contributed by atoms with Crippen LogP contribution in [0.15, 0.2) is 53.4 Å². The van der Waals surface area contributed by atoms with Gasteiger partial charge in [0.05, 0.1) is 12.9 Å². The zero-order valence-electron chi connectivity index (χ0n) is 16.8.